The molecule has 4 aromatic rings. The Morgan fingerprint density at radius 2 is 1.90 bits per heavy atom. The second-order valence-corrected chi connectivity index (χ2v) is 7.97. The molecule has 0 aliphatic rings. The van der Waals surface area contributed by atoms with Crippen molar-refractivity contribution in [3.05, 3.63) is 70.0 Å². The first-order valence-corrected chi connectivity index (χ1v) is 10.7. The molecule has 0 saturated carbocycles. The third-order valence-electron chi connectivity index (χ3n) is 5.42. The molecule has 0 fully saturated rings. The van der Waals surface area contributed by atoms with Gasteiger partial charge in [0.05, 0.1) is 12.2 Å². The van der Waals surface area contributed by atoms with Crippen molar-refractivity contribution in [2.24, 2.45) is 0 Å². The fraction of sp³-hybridized carbons (Fsp3) is 0.348. The molecule has 0 bridgehead atoms. The molecule has 0 aliphatic carbocycles. The summed E-state index contributed by atoms with van der Waals surface area (Å²) < 4.78 is 1.86. The Morgan fingerprint density at radius 3 is 2.55 bits per heavy atom. The van der Waals surface area contributed by atoms with Crippen LogP contribution in [0.4, 0.5) is 0 Å². The van der Waals surface area contributed by atoms with Crippen molar-refractivity contribution in [1.29, 1.82) is 0 Å². The number of nitrogens with one attached hydrogen (secondary N) is 2. The second-order valence-electron chi connectivity index (χ2n) is 7.97. The van der Waals surface area contributed by atoms with Crippen molar-refractivity contribution in [2.75, 3.05) is 0 Å². The van der Waals surface area contributed by atoms with E-state index in [2.05, 4.69) is 51.4 Å². The predicted molar refractivity (Wildman–Crippen MR) is 120 cm³/mol. The number of hydrogen-bond acceptors (Lipinski definition) is 5. The quantitative estimate of drug-likeness (QED) is 0.452. The van der Waals surface area contributed by atoms with Crippen LogP contribution in [0, 0.1) is 0 Å². The first kappa shape index (κ1) is 20.7. The highest BCUT2D eigenvalue weighted by Gasteiger charge is 2.17. The predicted octanol–water partition coefficient (Wildman–Crippen LogP) is 3.93. The highest BCUT2D eigenvalue weighted by molar-refractivity contribution is 5.78. The topological polar surface area (TPSA) is 105 Å². The zero-order chi connectivity index (χ0) is 21.8. The third-order valence-corrected chi connectivity index (χ3v) is 5.42. The fourth-order valence-electron chi connectivity index (χ4n) is 3.82. The summed E-state index contributed by atoms with van der Waals surface area (Å²) in [5.74, 6) is 0.810. The molecular formula is C23H27N7O. The van der Waals surface area contributed by atoms with Gasteiger partial charge in [0.1, 0.15) is 0 Å². The third kappa shape index (κ3) is 4.33. The molecule has 160 valence electrons. The van der Waals surface area contributed by atoms with Gasteiger partial charge in [-0.25, -0.2) is 4.79 Å². The van der Waals surface area contributed by atoms with Crippen molar-refractivity contribution in [3.8, 4) is 22.6 Å². The summed E-state index contributed by atoms with van der Waals surface area (Å²) in [5.41, 5.74) is 5.68. The molecular weight excluding hydrogens is 390 g/mol. The van der Waals surface area contributed by atoms with Gasteiger partial charge in [-0.15, -0.1) is 10.2 Å². The smallest absolute Gasteiger partial charge is 0.309 e. The van der Waals surface area contributed by atoms with Crippen LogP contribution in [0.25, 0.3) is 22.6 Å². The SMILES string of the molecule is CCCCc1c(C(C)C)[nH]c(=O)n1Cc1ccc(-c2ccccc2-c2nn[nH]n2)nc1. The Kier molecular flexibility index (Phi) is 6.06. The van der Waals surface area contributed by atoms with Crippen LogP contribution < -0.4 is 5.69 Å². The largest absolute Gasteiger partial charge is 0.326 e. The lowest BCUT2D eigenvalue weighted by atomic mass is 10.0. The molecule has 0 atom stereocenters. The minimum absolute atomic E-state index is 0.0543. The van der Waals surface area contributed by atoms with E-state index in [1.54, 1.807) is 0 Å². The van der Waals surface area contributed by atoms with Crippen LogP contribution in [0.2, 0.25) is 0 Å². The molecule has 0 aliphatic heterocycles. The summed E-state index contributed by atoms with van der Waals surface area (Å²) in [4.78, 5) is 20.4. The van der Waals surface area contributed by atoms with Gasteiger partial charge in [0.2, 0.25) is 5.82 Å². The molecule has 8 heteroatoms. The highest BCUT2D eigenvalue weighted by Crippen LogP contribution is 2.28. The number of aromatic amines is 2. The van der Waals surface area contributed by atoms with Crippen molar-refractivity contribution in [1.82, 2.24) is 35.2 Å². The molecule has 2 N–H and O–H groups in total. The molecule has 1 aromatic carbocycles. The van der Waals surface area contributed by atoms with E-state index < -0.39 is 0 Å². The summed E-state index contributed by atoms with van der Waals surface area (Å²) in [6, 6.07) is 11.8. The van der Waals surface area contributed by atoms with E-state index in [4.69, 9.17) is 0 Å². The second kappa shape index (κ2) is 9.07. The summed E-state index contributed by atoms with van der Waals surface area (Å²) >= 11 is 0. The number of nitrogens with zero attached hydrogens (tertiary/aromatic N) is 5. The van der Waals surface area contributed by atoms with Gasteiger partial charge in [-0.3, -0.25) is 9.55 Å². The van der Waals surface area contributed by atoms with Gasteiger partial charge >= 0.3 is 5.69 Å². The van der Waals surface area contributed by atoms with Crippen LogP contribution in [0.5, 0.6) is 0 Å². The van der Waals surface area contributed by atoms with Crippen LogP contribution in [-0.4, -0.2) is 35.2 Å². The minimum atomic E-state index is -0.0543. The van der Waals surface area contributed by atoms with E-state index in [1.165, 1.54) is 0 Å². The van der Waals surface area contributed by atoms with Crippen molar-refractivity contribution >= 4 is 0 Å². The van der Waals surface area contributed by atoms with E-state index in [-0.39, 0.29) is 11.6 Å². The number of H-pyrrole nitrogens is 2. The Labute approximate surface area is 180 Å². The maximum atomic E-state index is 12.7. The molecule has 3 aromatic heterocycles. The summed E-state index contributed by atoms with van der Waals surface area (Å²) in [7, 11) is 0. The molecule has 0 unspecified atom stereocenters. The summed E-state index contributed by atoms with van der Waals surface area (Å²) in [5, 5.41) is 14.3. The average Bonchev–Trinajstić information content (AvgIpc) is 3.42. The van der Waals surface area contributed by atoms with Gasteiger partial charge in [0, 0.05) is 28.7 Å². The molecule has 4 rings (SSSR count). The van der Waals surface area contributed by atoms with Gasteiger partial charge in [-0.2, -0.15) is 5.21 Å². The first-order valence-electron chi connectivity index (χ1n) is 10.7. The monoisotopic (exact) mass is 417 g/mol. The van der Waals surface area contributed by atoms with Crippen LogP contribution in [0.15, 0.2) is 47.4 Å². The standard InChI is InChI=1S/C23H27N7O/c1-4-5-10-20-21(15(2)3)25-23(31)30(20)14-16-11-12-19(24-13-16)17-8-6-7-9-18(17)22-26-28-29-27-22/h6-9,11-13,15H,4-5,10,14H2,1-3H3,(H,25,31)(H,26,27,28,29). The first-order chi connectivity index (χ1) is 15.1. The zero-order valence-electron chi connectivity index (χ0n) is 18.1. The molecule has 0 saturated heterocycles. The molecule has 0 amide bonds. The number of imidazole rings is 1. The number of hydrogen-bond donors (Lipinski definition) is 2. The van der Waals surface area contributed by atoms with Gasteiger partial charge in [0.25, 0.3) is 0 Å². The number of pyridine rings is 1. The lowest BCUT2D eigenvalue weighted by Gasteiger charge is -2.12. The summed E-state index contributed by atoms with van der Waals surface area (Å²) in [6.07, 6.45) is 4.88. The normalized spacial score (nSPS) is 11.4. The average molecular weight is 418 g/mol. The van der Waals surface area contributed by atoms with E-state index >= 15 is 0 Å². The molecule has 0 spiro atoms. The lowest BCUT2D eigenvalue weighted by Crippen LogP contribution is -2.19. The van der Waals surface area contributed by atoms with Crippen LogP contribution in [0.1, 0.15) is 56.5 Å². The number of aromatic nitrogens is 7. The maximum Gasteiger partial charge on any atom is 0.326 e. The van der Waals surface area contributed by atoms with Crippen molar-refractivity contribution < 1.29 is 0 Å². The van der Waals surface area contributed by atoms with E-state index in [0.29, 0.717) is 12.4 Å². The van der Waals surface area contributed by atoms with Crippen LogP contribution >= 0.6 is 0 Å². The Balaban J connectivity index is 1.63. The fourth-order valence-corrected chi connectivity index (χ4v) is 3.82. The molecule has 0 radical (unpaired) electrons. The van der Waals surface area contributed by atoms with E-state index in [0.717, 1.165) is 53.0 Å². The zero-order valence-corrected chi connectivity index (χ0v) is 18.1. The van der Waals surface area contributed by atoms with Gasteiger partial charge in [0.15, 0.2) is 0 Å². The Morgan fingerprint density at radius 1 is 1.10 bits per heavy atom. The van der Waals surface area contributed by atoms with E-state index in [1.807, 2.05) is 47.2 Å². The molecule has 8 nitrogen and oxygen atoms in total. The van der Waals surface area contributed by atoms with E-state index in [9.17, 15) is 4.79 Å². The number of rotatable bonds is 8. The minimum Gasteiger partial charge on any atom is -0.309 e. The number of benzene rings is 1. The highest BCUT2D eigenvalue weighted by atomic mass is 16.1. The van der Waals surface area contributed by atoms with Crippen LogP contribution in [-0.2, 0) is 13.0 Å². The number of unbranched alkanes of at least 4 members (excludes halogenated alkanes) is 1. The van der Waals surface area contributed by atoms with Gasteiger partial charge in [-0.05, 0) is 35.6 Å². The molecule has 3 heterocycles. The van der Waals surface area contributed by atoms with Gasteiger partial charge in [-0.1, -0.05) is 57.5 Å². The number of tetrazole rings is 1. The van der Waals surface area contributed by atoms with Crippen LogP contribution in [0.3, 0.4) is 0 Å². The van der Waals surface area contributed by atoms with Gasteiger partial charge < -0.3 is 4.98 Å². The Hall–Kier alpha value is -3.55. The maximum absolute atomic E-state index is 12.7. The Bertz CT molecular complexity index is 1190. The summed E-state index contributed by atoms with van der Waals surface area (Å²) in [6.45, 7) is 6.89. The van der Waals surface area contributed by atoms with Crippen molar-refractivity contribution in [3.63, 3.8) is 0 Å². The van der Waals surface area contributed by atoms with Crippen molar-refractivity contribution in [2.45, 2.75) is 52.5 Å². The molecule has 31 heavy (non-hydrogen) atoms. The lowest BCUT2D eigenvalue weighted by molar-refractivity contribution is 0.667.